The molecule has 1 aliphatic rings. The van der Waals surface area contributed by atoms with Gasteiger partial charge in [0, 0.05) is 12.3 Å². The van der Waals surface area contributed by atoms with Crippen LogP contribution in [0.2, 0.25) is 0 Å². The SMILES string of the molecule is CCC1CCC(=O)C(C(C)C(C)O)C1. The van der Waals surface area contributed by atoms with E-state index in [1.54, 1.807) is 6.92 Å². The first-order chi connectivity index (χ1) is 6.56. The number of rotatable bonds is 3. The molecule has 0 aromatic rings. The normalized spacial score (nSPS) is 32.7. The van der Waals surface area contributed by atoms with Crippen LogP contribution in [0.25, 0.3) is 0 Å². The van der Waals surface area contributed by atoms with Gasteiger partial charge >= 0.3 is 0 Å². The number of hydrogen-bond acceptors (Lipinski definition) is 2. The average molecular weight is 198 g/mol. The van der Waals surface area contributed by atoms with Crippen LogP contribution in [0.3, 0.4) is 0 Å². The molecular formula is C12H22O2. The summed E-state index contributed by atoms with van der Waals surface area (Å²) in [6.45, 7) is 5.96. The fourth-order valence-corrected chi connectivity index (χ4v) is 2.36. The molecule has 4 atom stereocenters. The Hall–Kier alpha value is -0.370. The molecule has 1 N–H and O–H groups in total. The van der Waals surface area contributed by atoms with Gasteiger partial charge in [0.2, 0.25) is 0 Å². The Kier molecular flexibility index (Phi) is 4.11. The lowest BCUT2D eigenvalue weighted by Crippen LogP contribution is -2.34. The third kappa shape index (κ3) is 2.57. The molecule has 0 aromatic heterocycles. The van der Waals surface area contributed by atoms with Gasteiger partial charge in [-0.2, -0.15) is 0 Å². The van der Waals surface area contributed by atoms with E-state index < -0.39 is 0 Å². The van der Waals surface area contributed by atoms with E-state index in [0.717, 1.165) is 25.7 Å². The van der Waals surface area contributed by atoms with Gasteiger partial charge in [0.15, 0.2) is 0 Å². The molecule has 0 heterocycles. The van der Waals surface area contributed by atoms with Crippen molar-refractivity contribution < 1.29 is 9.90 Å². The summed E-state index contributed by atoms with van der Waals surface area (Å²) in [5, 5.41) is 9.50. The number of Topliss-reactive ketones (excluding diaryl/α,β-unsaturated/α-hetero) is 1. The maximum absolute atomic E-state index is 11.7. The van der Waals surface area contributed by atoms with Crippen LogP contribution in [0.4, 0.5) is 0 Å². The van der Waals surface area contributed by atoms with E-state index in [9.17, 15) is 9.90 Å². The first-order valence-corrected chi connectivity index (χ1v) is 5.77. The number of aliphatic hydroxyl groups is 1. The Balaban J connectivity index is 2.60. The fourth-order valence-electron chi connectivity index (χ4n) is 2.36. The van der Waals surface area contributed by atoms with E-state index in [4.69, 9.17) is 0 Å². The van der Waals surface area contributed by atoms with Crippen molar-refractivity contribution in [1.29, 1.82) is 0 Å². The van der Waals surface area contributed by atoms with E-state index >= 15 is 0 Å². The Bertz CT molecular complexity index is 198. The topological polar surface area (TPSA) is 37.3 Å². The van der Waals surface area contributed by atoms with Gasteiger partial charge in [-0.15, -0.1) is 0 Å². The molecule has 82 valence electrons. The molecule has 0 radical (unpaired) electrons. The van der Waals surface area contributed by atoms with Crippen LogP contribution < -0.4 is 0 Å². The van der Waals surface area contributed by atoms with Crippen molar-refractivity contribution in [2.24, 2.45) is 17.8 Å². The van der Waals surface area contributed by atoms with Gasteiger partial charge < -0.3 is 5.11 Å². The Morgan fingerprint density at radius 3 is 2.64 bits per heavy atom. The predicted octanol–water partition coefficient (Wildman–Crippen LogP) is 2.40. The van der Waals surface area contributed by atoms with Gasteiger partial charge in [-0.1, -0.05) is 20.3 Å². The zero-order chi connectivity index (χ0) is 10.7. The second-order valence-electron chi connectivity index (χ2n) is 4.72. The quantitative estimate of drug-likeness (QED) is 0.756. The molecule has 1 aliphatic carbocycles. The van der Waals surface area contributed by atoms with Crippen LogP contribution in [0, 0.1) is 17.8 Å². The number of aliphatic hydroxyl groups excluding tert-OH is 1. The molecule has 4 unspecified atom stereocenters. The lowest BCUT2D eigenvalue weighted by molar-refractivity contribution is -0.129. The maximum atomic E-state index is 11.7. The summed E-state index contributed by atoms with van der Waals surface area (Å²) in [5.74, 6) is 1.28. The van der Waals surface area contributed by atoms with Crippen LogP contribution in [0.15, 0.2) is 0 Å². The van der Waals surface area contributed by atoms with Crippen molar-refractivity contribution in [1.82, 2.24) is 0 Å². The van der Waals surface area contributed by atoms with Crippen LogP contribution in [0.1, 0.15) is 46.5 Å². The molecule has 2 heteroatoms. The predicted molar refractivity (Wildman–Crippen MR) is 57.0 cm³/mol. The number of hydrogen-bond donors (Lipinski definition) is 1. The summed E-state index contributed by atoms with van der Waals surface area (Å²) in [7, 11) is 0. The molecule has 0 aromatic carbocycles. The highest BCUT2D eigenvalue weighted by atomic mass is 16.3. The van der Waals surface area contributed by atoms with Gasteiger partial charge in [-0.25, -0.2) is 0 Å². The van der Waals surface area contributed by atoms with Crippen molar-refractivity contribution in [3.8, 4) is 0 Å². The largest absolute Gasteiger partial charge is 0.393 e. The van der Waals surface area contributed by atoms with Crippen LogP contribution >= 0.6 is 0 Å². The molecule has 0 saturated heterocycles. The number of carbonyl (C=O) groups excluding carboxylic acids is 1. The minimum absolute atomic E-state index is 0.105. The molecule has 14 heavy (non-hydrogen) atoms. The zero-order valence-corrected chi connectivity index (χ0v) is 9.49. The van der Waals surface area contributed by atoms with E-state index in [0.29, 0.717) is 11.7 Å². The van der Waals surface area contributed by atoms with Gasteiger partial charge in [-0.05, 0) is 31.6 Å². The summed E-state index contributed by atoms with van der Waals surface area (Å²) in [6, 6.07) is 0. The van der Waals surface area contributed by atoms with Crippen molar-refractivity contribution in [3.05, 3.63) is 0 Å². The van der Waals surface area contributed by atoms with E-state index in [-0.39, 0.29) is 17.9 Å². The molecule has 1 fully saturated rings. The Labute approximate surface area is 86.7 Å². The smallest absolute Gasteiger partial charge is 0.136 e. The van der Waals surface area contributed by atoms with Crippen molar-refractivity contribution >= 4 is 5.78 Å². The lowest BCUT2D eigenvalue weighted by Gasteiger charge is -2.32. The molecule has 1 rings (SSSR count). The molecular weight excluding hydrogens is 176 g/mol. The summed E-state index contributed by atoms with van der Waals surface area (Å²) < 4.78 is 0. The maximum Gasteiger partial charge on any atom is 0.136 e. The Morgan fingerprint density at radius 1 is 1.50 bits per heavy atom. The molecule has 2 nitrogen and oxygen atoms in total. The van der Waals surface area contributed by atoms with Crippen molar-refractivity contribution in [2.45, 2.75) is 52.6 Å². The van der Waals surface area contributed by atoms with Crippen LogP contribution in [0.5, 0.6) is 0 Å². The molecule has 0 spiro atoms. The van der Waals surface area contributed by atoms with Gasteiger partial charge in [0.25, 0.3) is 0 Å². The van der Waals surface area contributed by atoms with Crippen molar-refractivity contribution in [2.75, 3.05) is 0 Å². The second-order valence-corrected chi connectivity index (χ2v) is 4.72. The minimum Gasteiger partial charge on any atom is -0.393 e. The van der Waals surface area contributed by atoms with Crippen LogP contribution in [-0.4, -0.2) is 17.0 Å². The van der Waals surface area contributed by atoms with E-state index in [1.165, 1.54) is 0 Å². The first-order valence-electron chi connectivity index (χ1n) is 5.77. The minimum atomic E-state index is -0.362. The third-order valence-electron chi connectivity index (χ3n) is 3.77. The van der Waals surface area contributed by atoms with Gasteiger partial charge in [0.05, 0.1) is 6.10 Å². The molecule has 0 bridgehead atoms. The third-order valence-corrected chi connectivity index (χ3v) is 3.77. The summed E-state index contributed by atoms with van der Waals surface area (Å²) in [4.78, 5) is 11.7. The standard InChI is InChI=1S/C12H22O2/c1-4-10-5-6-12(14)11(7-10)8(2)9(3)13/h8-11,13H,4-7H2,1-3H3. The Morgan fingerprint density at radius 2 is 2.14 bits per heavy atom. The highest BCUT2D eigenvalue weighted by molar-refractivity contribution is 5.82. The number of carbonyl (C=O) groups is 1. The highest BCUT2D eigenvalue weighted by Gasteiger charge is 2.33. The van der Waals surface area contributed by atoms with Gasteiger partial charge in [0.1, 0.15) is 5.78 Å². The van der Waals surface area contributed by atoms with Crippen LogP contribution in [-0.2, 0) is 4.79 Å². The monoisotopic (exact) mass is 198 g/mol. The lowest BCUT2D eigenvalue weighted by atomic mass is 9.73. The highest BCUT2D eigenvalue weighted by Crippen LogP contribution is 2.34. The van der Waals surface area contributed by atoms with Crippen molar-refractivity contribution in [3.63, 3.8) is 0 Å². The van der Waals surface area contributed by atoms with E-state index in [1.807, 2.05) is 6.92 Å². The zero-order valence-electron chi connectivity index (χ0n) is 9.49. The summed E-state index contributed by atoms with van der Waals surface area (Å²) in [6.07, 6.45) is 3.57. The first kappa shape index (κ1) is 11.7. The van der Waals surface area contributed by atoms with E-state index in [2.05, 4.69) is 6.92 Å². The molecule has 0 aliphatic heterocycles. The molecule has 0 amide bonds. The fraction of sp³-hybridized carbons (Fsp3) is 0.917. The second kappa shape index (κ2) is 4.92. The molecule has 1 saturated carbocycles. The van der Waals surface area contributed by atoms with Gasteiger partial charge in [-0.3, -0.25) is 4.79 Å². The summed E-state index contributed by atoms with van der Waals surface area (Å²) in [5.41, 5.74) is 0. The average Bonchev–Trinajstić information content (AvgIpc) is 2.17. The number of ketones is 1. The summed E-state index contributed by atoms with van der Waals surface area (Å²) >= 11 is 0.